The summed E-state index contributed by atoms with van der Waals surface area (Å²) in [6.45, 7) is 3.12. The van der Waals surface area contributed by atoms with Crippen LogP contribution < -0.4 is 10.6 Å². The van der Waals surface area contributed by atoms with E-state index in [1.165, 1.54) is 0 Å². The van der Waals surface area contributed by atoms with Gasteiger partial charge in [-0.1, -0.05) is 31.5 Å². The van der Waals surface area contributed by atoms with Gasteiger partial charge >= 0.3 is 0 Å². The van der Waals surface area contributed by atoms with E-state index in [-0.39, 0.29) is 11.9 Å². The van der Waals surface area contributed by atoms with Crippen molar-refractivity contribution in [3.05, 3.63) is 36.5 Å². The Hall–Kier alpha value is -1.94. The number of aromatic nitrogens is 1. The second-order valence-corrected chi connectivity index (χ2v) is 5.71. The van der Waals surface area contributed by atoms with Crippen LogP contribution in [0.5, 0.6) is 0 Å². The molecule has 4 heteroatoms. The molecular formula is C17H21N3O. The molecule has 1 aromatic carbocycles. The van der Waals surface area contributed by atoms with Crippen LogP contribution in [0.4, 0.5) is 5.69 Å². The highest BCUT2D eigenvalue weighted by molar-refractivity contribution is 5.96. The molecule has 0 aliphatic carbocycles. The van der Waals surface area contributed by atoms with Gasteiger partial charge < -0.3 is 10.6 Å². The summed E-state index contributed by atoms with van der Waals surface area (Å²) in [5.74, 6) is 0.696. The van der Waals surface area contributed by atoms with Crippen LogP contribution >= 0.6 is 0 Å². The normalized spacial score (nSPS) is 22.1. The third-order valence-corrected chi connectivity index (χ3v) is 4.26. The minimum atomic E-state index is -0.0878. The largest absolute Gasteiger partial charge is 0.323 e. The van der Waals surface area contributed by atoms with Gasteiger partial charge in [-0.05, 0) is 37.4 Å². The molecule has 1 aliphatic heterocycles. The first-order valence-electron chi connectivity index (χ1n) is 7.65. The van der Waals surface area contributed by atoms with Crippen molar-refractivity contribution in [2.75, 3.05) is 11.9 Å². The van der Waals surface area contributed by atoms with E-state index in [1.54, 1.807) is 6.20 Å². The maximum absolute atomic E-state index is 12.4. The van der Waals surface area contributed by atoms with E-state index in [2.05, 4.69) is 22.5 Å². The zero-order valence-electron chi connectivity index (χ0n) is 12.3. The molecule has 0 bridgehead atoms. The van der Waals surface area contributed by atoms with Crippen LogP contribution in [0.3, 0.4) is 0 Å². The number of hydrogen-bond donors (Lipinski definition) is 2. The number of nitrogens with zero attached hydrogens (tertiary/aromatic N) is 1. The van der Waals surface area contributed by atoms with Crippen LogP contribution in [0.15, 0.2) is 36.5 Å². The topological polar surface area (TPSA) is 54.0 Å². The molecule has 2 aromatic rings. The molecule has 1 saturated heterocycles. The van der Waals surface area contributed by atoms with E-state index in [4.69, 9.17) is 0 Å². The fourth-order valence-corrected chi connectivity index (χ4v) is 2.94. The summed E-state index contributed by atoms with van der Waals surface area (Å²) >= 11 is 0. The van der Waals surface area contributed by atoms with Gasteiger partial charge in [0.15, 0.2) is 0 Å². The standard InChI is InChI=1S/C17H21N3O/c1-2-12-7-8-18-16(9-12)17(21)20-14-10-13-5-3-4-6-15(13)19-11-14/h3-6,10-12,16,18H,2,7-9H2,1H3,(H,20,21). The Labute approximate surface area is 125 Å². The Balaban J connectivity index is 1.70. The molecule has 110 valence electrons. The number of carbonyl (C=O) groups excluding carboxylic acids is 1. The van der Waals surface area contributed by atoms with Gasteiger partial charge in [0.05, 0.1) is 23.4 Å². The quantitative estimate of drug-likeness (QED) is 0.910. The van der Waals surface area contributed by atoms with Crippen LogP contribution in [0.25, 0.3) is 10.9 Å². The van der Waals surface area contributed by atoms with E-state index >= 15 is 0 Å². The van der Waals surface area contributed by atoms with Crippen molar-refractivity contribution in [1.29, 1.82) is 0 Å². The number of fused-ring (bicyclic) bond motifs is 1. The van der Waals surface area contributed by atoms with E-state index in [9.17, 15) is 4.79 Å². The van der Waals surface area contributed by atoms with Crippen LogP contribution in [-0.4, -0.2) is 23.5 Å². The Bertz CT molecular complexity index is 641. The number of amides is 1. The number of hydrogen-bond acceptors (Lipinski definition) is 3. The highest BCUT2D eigenvalue weighted by atomic mass is 16.2. The van der Waals surface area contributed by atoms with Crippen LogP contribution in [-0.2, 0) is 4.79 Å². The lowest BCUT2D eigenvalue weighted by molar-refractivity contribution is -0.119. The number of pyridine rings is 1. The van der Waals surface area contributed by atoms with Crippen molar-refractivity contribution in [3.8, 4) is 0 Å². The minimum Gasteiger partial charge on any atom is -0.323 e. The number of anilines is 1. The second-order valence-electron chi connectivity index (χ2n) is 5.71. The minimum absolute atomic E-state index is 0.0465. The molecule has 1 fully saturated rings. The summed E-state index contributed by atoms with van der Waals surface area (Å²) in [5, 5.41) is 7.33. The highest BCUT2D eigenvalue weighted by Crippen LogP contribution is 2.21. The first-order chi connectivity index (χ1) is 10.3. The Morgan fingerprint density at radius 3 is 3.14 bits per heavy atom. The molecule has 0 spiro atoms. The van der Waals surface area contributed by atoms with Crippen molar-refractivity contribution in [1.82, 2.24) is 10.3 Å². The Kier molecular flexibility index (Phi) is 4.15. The molecule has 0 radical (unpaired) electrons. The molecule has 2 atom stereocenters. The van der Waals surface area contributed by atoms with Gasteiger partial charge in [-0.2, -0.15) is 0 Å². The van der Waals surface area contributed by atoms with Crippen molar-refractivity contribution in [2.45, 2.75) is 32.2 Å². The zero-order valence-corrected chi connectivity index (χ0v) is 12.3. The second kappa shape index (κ2) is 6.22. The number of piperidine rings is 1. The molecule has 2 N–H and O–H groups in total. The number of nitrogens with one attached hydrogen (secondary N) is 2. The van der Waals surface area contributed by atoms with Crippen LogP contribution in [0.1, 0.15) is 26.2 Å². The molecule has 2 unspecified atom stereocenters. The number of benzene rings is 1. The van der Waals surface area contributed by atoms with Gasteiger partial charge in [0, 0.05) is 5.39 Å². The van der Waals surface area contributed by atoms with Gasteiger partial charge in [0.2, 0.25) is 5.91 Å². The van der Waals surface area contributed by atoms with Gasteiger partial charge in [-0.15, -0.1) is 0 Å². The number of rotatable bonds is 3. The summed E-state index contributed by atoms with van der Waals surface area (Å²) in [6.07, 6.45) is 4.95. The lowest BCUT2D eigenvalue weighted by Gasteiger charge is -2.28. The fraction of sp³-hybridized carbons (Fsp3) is 0.412. The van der Waals surface area contributed by atoms with Gasteiger partial charge in [0.25, 0.3) is 0 Å². The summed E-state index contributed by atoms with van der Waals surface area (Å²) in [7, 11) is 0. The smallest absolute Gasteiger partial charge is 0.241 e. The molecule has 21 heavy (non-hydrogen) atoms. The number of carbonyl (C=O) groups is 1. The van der Waals surface area contributed by atoms with Crippen LogP contribution in [0, 0.1) is 5.92 Å². The Morgan fingerprint density at radius 1 is 1.43 bits per heavy atom. The zero-order chi connectivity index (χ0) is 14.7. The average molecular weight is 283 g/mol. The first-order valence-corrected chi connectivity index (χ1v) is 7.65. The molecule has 1 amide bonds. The van der Waals surface area contributed by atoms with Gasteiger partial charge in [-0.25, -0.2) is 0 Å². The SMILES string of the molecule is CCC1CCNC(C(=O)Nc2cnc3ccccc3c2)C1. The number of para-hydroxylation sites is 1. The third-order valence-electron chi connectivity index (χ3n) is 4.26. The van der Waals surface area contributed by atoms with E-state index in [1.807, 2.05) is 30.3 Å². The van der Waals surface area contributed by atoms with Crippen molar-refractivity contribution in [3.63, 3.8) is 0 Å². The maximum Gasteiger partial charge on any atom is 0.241 e. The molecular weight excluding hydrogens is 262 g/mol. The predicted molar refractivity (Wildman–Crippen MR) is 85.2 cm³/mol. The third kappa shape index (κ3) is 3.22. The molecule has 2 heterocycles. The molecule has 1 aromatic heterocycles. The van der Waals surface area contributed by atoms with Crippen molar-refractivity contribution >= 4 is 22.5 Å². The molecule has 3 rings (SSSR count). The summed E-state index contributed by atoms with van der Waals surface area (Å²) in [5.41, 5.74) is 1.71. The van der Waals surface area contributed by atoms with Crippen LogP contribution in [0.2, 0.25) is 0 Å². The van der Waals surface area contributed by atoms with E-state index < -0.39 is 0 Å². The molecule has 4 nitrogen and oxygen atoms in total. The first kappa shape index (κ1) is 14.0. The molecule has 1 aliphatic rings. The van der Waals surface area contributed by atoms with Crippen molar-refractivity contribution < 1.29 is 4.79 Å². The van der Waals surface area contributed by atoms with Gasteiger partial charge in [-0.3, -0.25) is 9.78 Å². The maximum atomic E-state index is 12.4. The summed E-state index contributed by atoms with van der Waals surface area (Å²) in [6, 6.07) is 9.80. The summed E-state index contributed by atoms with van der Waals surface area (Å²) < 4.78 is 0. The lowest BCUT2D eigenvalue weighted by atomic mass is 9.90. The lowest BCUT2D eigenvalue weighted by Crippen LogP contribution is -2.46. The average Bonchev–Trinajstić information content (AvgIpc) is 2.54. The van der Waals surface area contributed by atoms with E-state index in [0.29, 0.717) is 5.92 Å². The predicted octanol–water partition coefficient (Wildman–Crippen LogP) is 2.95. The summed E-state index contributed by atoms with van der Waals surface area (Å²) in [4.78, 5) is 16.7. The Morgan fingerprint density at radius 2 is 2.29 bits per heavy atom. The van der Waals surface area contributed by atoms with E-state index in [0.717, 1.165) is 42.4 Å². The monoisotopic (exact) mass is 283 g/mol. The van der Waals surface area contributed by atoms with Gasteiger partial charge in [0.1, 0.15) is 0 Å². The molecule has 0 saturated carbocycles. The fourth-order valence-electron chi connectivity index (χ4n) is 2.94. The highest BCUT2D eigenvalue weighted by Gasteiger charge is 2.25. The van der Waals surface area contributed by atoms with Crippen molar-refractivity contribution in [2.24, 2.45) is 5.92 Å².